The van der Waals surface area contributed by atoms with Crippen LogP contribution in [0, 0.1) is 6.92 Å². The van der Waals surface area contributed by atoms with Gasteiger partial charge in [-0.2, -0.15) is 0 Å². The molecule has 1 aromatic rings. The Kier molecular flexibility index (Phi) is 7.07. The first-order chi connectivity index (χ1) is 9.22. The second-order valence-electron chi connectivity index (χ2n) is 3.80. The van der Waals surface area contributed by atoms with Crippen molar-refractivity contribution in [3.8, 4) is 17.2 Å². The smallest absolute Gasteiger partial charge is 0.206 e. The van der Waals surface area contributed by atoms with E-state index in [-0.39, 0.29) is 13.6 Å². The Morgan fingerprint density at radius 3 is 2.05 bits per heavy atom. The van der Waals surface area contributed by atoms with Gasteiger partial charge in [-0.1, -0.05) is 0 Å². The molecule has 0 aromatic heterocycles. The van der Waals surface area contributed by atoms with Crippen LogP contribution in [0.3, 0.4) is 0 Å². The number of ether oxygens (including phenoxy) is 5. The molecule has 0 heterocycles. The molecule has 0 aliphatic rings. The summed E-state index contributed by atoms with van der Waals surface area (Å²) >= 11 is 0. The Hall–Kier alpha value is -1.46. The highest BCUT2D eigenvalue weighted by Crippen LogP contribution is 2.38. The van der Waals surface area contributed by atoms with E-state index in [2.05, 4.69) is 0 Å². The minimum atomic E-state index is 0.154. The lowest BCUT2D eigenvalue weighted by Gasteiger charge is -2.16. The first-order valence-electron chi connectivity index (χ1n) is 6.32. The fourth-order valence-corrected chi connectivity index (χ4v) is 1.48. The van der Waals surface area contributed by atoms with Crippen LogP contribution < -0.4 is 14.2 Å². The number of aryl methyl sites for hydroxylation is 1. The molecular weight excluding hydrogens is 248 g/mol. The van der Waals surface area contributed by atoms with Crippen molar-refractivity contribution in [3.05, 3.63) is 17.7 Å². The van der Waals surface area contributed by atoms with Gasteiger partial charge >= 0.3 is 0 Å². The summed E-state index contributed by atoms with van der Waals surface area (Å²) in [7, 11) is 1.59. The van der Waals surface area contributed by atoms with E-state index >= 15 is 0 Å². The van der Waals surface area contributed by atoms with Gasteiger partial charge in [0.1, 0.15) is 0 Å². The Balaban J connectivity index is 2.86. The average Bonchev–Trinajstić information content (AvgIpc) is 2.41. The molecular formula is C14H22O5. The summed E-state index contributed by atoms with van der Waals surface area (Å²) in [4.78, 5) is 0. The number of hydrogen-bond donors (Lipinski definition) is 0. The van der Waals surface area contributed by atoms with Gasteiger partial charge in [0.25, 0.3) is 0 Å². The second-order valence-corrected chi connectivity index (χ2v) is 3.80. The van der Waals surface area contributed by atoms with E-state index in [1.54, 1.807) is 7.11 Å². The quantitative estimate of drug-likeness (QED) is 0.510. The lowest BCUT2D eigenvalue weighted by Crippen LogP contribution is -2.08. The van der Waals surface area contributed by atoms with Crippen LogP contribution in [0.25, 0.3) is 0 Å². The lowest BCUT2D eigenvalue weighted by atomic mass is 10.2. The van der Waals surface area contributed by atoms with Gasteiger partial charge in [0.15, 0.2) is 25.1 Å². The van der Waals surface area contributed by atoms with Crippen molar-refractivity contribution in [3.63, 3.8) is 0 Å². The number of benzene rings is 1. The van der Waals surface area contributed by atoms with Crippen LogP contribution in [0.5, 0.6) is 17.2 Å². The van der Waals surface area contributed by atoms with Gasteiger partial charge in [0, 0.05) is 13.2 Å². The highest BCUT2D eigenvalue weighted by atomic mass is 16.7. The zero-order valence-electron chi connectivity index (χ0n) is 12.0. The molecule has 1 aromatic carbocycles. The molecule has 0 aliphatic carbocycles. The summed E-state index contributed by atoms with van der Waals surface area (Å²) in [6, 6.07) is 3.76. The van der Waals surface area contributed by atoms with Crippen molar-refractivity contribution < 1.29 is 23.7 Å². The Morgan fingerprint density at radius 2 is 1.47 bits per heavy atom. The molecule has 108 valence electrons. The molecule has 5 nitrogen and oxygen atoms in total. The normalized spacial score (nSPS) is 10.3. The summed E-state index contributed by atoms with van der Waals surface area (Å²) < 4.78 is 26.8. The first-order valence-corrected chi connectivity index (χ1v) is 6.32. The van der Waals surface area contributed by atoms with E-state index in [0.29, 0.717) is 30.5 Å². The number of rotatable bonds is 9. The summed E-state index contributed by atoms with van der Waals surface area (Å²) in [5, 5.41) is 0. The van der Waals surface area contributed by atoms with E-state index < -0.39 is 0 Å². The van der Waals surface area contributed by atoms with Gasteiger partial charge in [-0.25, -0.2) is 0 Å². The van der Waals surface area contributed by atoms with Crippen molar-refractivity contribution in [1.82, 2.24) is 0 Å². The average molecular weight is 270 g/mol. The van der Waals surface area contributed by atoms with Gasteiger partial charge in [0.05, 0.1) is 7.11 Å². The maximum absolute atomic E-state index is 5.56. The summed E-state index contributed by atoms with van der Waals surface area (Å²) in [6.45, 7) is 7.29. The van der Waals surface area contributed by atoms with Crippen LogP contribution in [0.4, 0.5) is 0 Å². The molecule has 0 saturated heterocycles. The zero-order valence-corrected chi connectivity index (χ0v) is 12.0. The largest absolute Gasteiger partial charge is 0.493 e. The van der Waals surface area contributed by atoms with Crippen molar-refractivity contribution in [2.75, 3.05) is 33.9 Å². The minimum absolute atomic E-state index is 0.154. The van der Waals surface area contributed by atoms with Crippen molar-refractivity contribution in [1.29, 1.82) is 0 Å². The molecule has 0 spiro atoms. The molecule has 0 fully saturated rings. The predicted molar refractivity (Wildman–Crippen MR) is 72.0 cm³/mol. The third-order valence-corrected chi connectivity index (χ3v) is 2.38. The Morgan fingerprint density at radius 1 is 0.895 bits per heavy atom. The minimum Gasteiger partial charge on any atom is -0.493 e. The van der Waals surface area contributed by atoms with Crippen molar-refractivity contribution in [2.45, 2.75) is 20.8 Å². The molecule has 0 bridgehead atoms. The molecule has 5 heteroatoms. The fourth-order valence-electron chi connectivity index (χ4n) is 1.48. The van der Waals surface area contributed by atoms with Crippen LogP contribution in [-0.2, 0) is 9.47 Å². The maximum atomic E-state index is 5.56. The summed E-state index contributed by atoms with van der Waals surface area (Å²) in [5.41, 5.74) is 1.02. The van der Waals surface area contributed by atoms with Gasteiger partial charge in [-0.15, -0.1) is 0 Å². The van der Waals surface area contributed by atoms with E-state index in [9.17, 15) is 0 Å². The van der Waals surface area contributed by atoms with Gasteiger partial charge in [-0.05, 0) is 38.5 Å². The number of methoxy groups -OCH3 is 1. The summed E-state index contributed by atoms with van der Waals surface area (Å²) in [5.74, 6) is 1.73. The van der Waals surface area contributed by atoms with Crippen molar-refractivity contribution >= 4 is 0 Å². The van der Waals surface area contributed by atoms with Crippen LogP contribution in [-0.4, -0.2) is 33.9 Å². The second kappa shape index (κ2) is 8.61. The highest BCUT2D eigenvalue weighted by Gasteiger charge is 2.13. The molecule has 0 unspecified atom stereocenters. The topological polar surface area (TPSA) is 46.2 Å². The zero-order chi connectivity index (χ0) is 14.1. The molecule has 1 rings (SSSR count). The van der Waals surface area contributed by atoms with Crippen LogP contribution in [0.15, 0.2) is 12.1 Å². The Bertz CT molecular complexity index is 378. The monoisotopic (exact) mass is 270 g/mol. The van der Waals surface area contributed by atoms with E-state index in [1.165, 1.54) is 0 Å². The van der Waals surface area contributed by atoms with Crippen LogP contribution >= 0.6 is 0 Å². The Labute approximate surface area is 114 Å². The molecule has 0 aliphatic heterocycles. The highest BCUT2D eigenvalue weighted by molar-refractivity contribution is 5.53. The van der Waals surface area contributed by atoms with Gasteiger partial charge in [0.2, 0.25) is 5.75 Å². The molecule has 0 amide bonds. The van der Waals surface area contributed by atoms with Crippen LogP contribution in [0.1, 0.15) is 19.4 Å². The van der Waals surface area contributed by atoms with Crippen molar-refractivity contribution in [2.24, 2.45) is 0 Å². The summed E-state index contributed by atoms with van der Waals surface area (Å²) in [6.07, 6.45) is 0. The standard InChI is InChI=1S/C14H22O5/c1-5-16-9-18-13-8-11(3)7-12(15-4)14(13)19-10-17-6-2/h7-8H,5-6,9-10H2,1-4H3. The molecule has 0 radical (unpaired) electrons. The molecule has 19 heavy (non-hydrogen) atoms. The van der Waals surface area contributed by atoms with Gasteiger partial charge in [-0.3, -0.25) is 0 Å². The first kappa shape index (κ1) is 15.6. The number of hydrogen-bond acceptors (Lipinski definition) is 5. The van der Waals surface area contributed by atoms with E-state index in [0.717, 1.165) is 5.56 Å². The fraction of sp³-hybridized carbons (Fsp3) is 0.571. The van der Waals surface area contributed by atoms with E-state index in [1.807, 2.05) is 32.9 Å². The van der Waals surface area contributed by atoms with E-state index in [4.69, 9.17) is 23.7 Å². The maximum Gasteiger partial charge on any atom is 0.206 e. The molecule has 0 saturated carbocycles. The predicted octanol–water partition coefficient (Wildman–Crippen LogP) is 2.75. The van der Waals surface area contributed by atoms with Gasteiger partial charge < -0.3 is 23.7 Å². The van der Waals surface area contributed by atoms with Crippen LogP contribution in [0.2, 0.25) is 0 Å². The third-order valence-electron chi connectivity index (χ3n) is 2.38. The molecule has 0 N–H and O–H groups in total. The third kappa shape index (κ3) is 4.96. The SMILES string of the molecule is CCOCOc1cc(C)cc(OC)c1OCOCC. The lowest BCUT2D eigenvalue weighted by molar-refractivity contribution is 0.00487. The molecule has 0 atom stereocenters.